The van der Waals surface area contributed by atoms with E-state index in [2.05, 4.69) is 48.2 Å². The van der Waals surface area contributed by atoms with E-state index in [-0.39, 0.29) is 29.5 Å². The number of thiazole rings is 1. The highest BCUT2D eigenvalue weighted by Crippen LogP contribution is 2.18. The summed E-state index contributed by atoms with van der Waals surface area (Å²) in [5.41, 5.74) is 1.30. The topological polar surface area (TPSA) is 61.8 Å². The fraction of sp³-hybridized carbons (Fsp3) is 0.778. The summed E-state index contributed by atoms with van der Waals surface area (Å²) in [6.45, 7) is 14.2. The van der Waals surface area contributed by atoms with E-state index < -0.39 is 0 Å². The number of morpholine rings is 1. The van der Waals surface area contributed by atoms with Gasteiger partial charge in [-0.3, -0.25) is 9.89 Å². The quantitative estimate of drug-likeness (QED) is 0.346. The Morgan fingerprint density at radius 2 is 2.00 bits per heavy atom. The third kappa shape index (κ3) is 6.94. The summed E-state index contributed by atoms with van der Waals surface area (Å²) in [4.78, 5) is 12.9. The second-order valence-electron chi connectivity index (χ2n) is 6.98. The molecule has 150 valence electrons. The molecule has 2 heterocycles. The number of nitrogens with one attached hydrogen (secondary N) is 2. The van der Waals surface area contributed by atoms with Crippen LogP contribution in [0.5, 0.6) is 0 Å². The maximum absolute atomic E-state index is 5.45. The van der Waals surface area contributed by atoms with Crippen LogP contribution in [-0.2, 0) is 17.6 Å². The average molecular weight is 495 g/mol. The second-order valence-corrected chi connectivity index (χ2v) is 8.27. The summed E-state index contributed by atoms with van der Waals surface area (Å²) >= 11 is 1.80. The Balaban J connectivity index is 0.00000338. The van der Waals surface area contributed by atoms with Gasteiger partial charge in [-0.2, -0.15) is 0 Å². The van der Waals surface area contributed by atoms with Crippen molar-refractivity contribution in [1.29, 1.82) is 0 Å². The van der Waals surface area contributed by atoms with Crippen LogP contribution in [0.1, 0.15) is 36.3 Å². The summed E-state index contributed by atoms with van der Waals surface area (Å²) in [6, 6.07) is 0. The van der Waals surface area contributed by atoms with Gasteiger partial charge in [0.2, 0.25) is 0 Å². The first-order valence-corrected chi connectivity index (χ1v) is 10.0. The SMILES string of the molecule is CCc1nc(CCNC(=NC)NCC(C)(C)N2CCOCC2)sc1C.I. The Labute approximate surface area is 179 Å². The molecule has 0 bridgehead atoms. The van der Waals surface area contributed by atoms with Crippen LogP contribution in [0, 0.1) is 6.92 Å². The molecule has 0 unspecified atom stereocenters. The van der Waals surface area contributed by atoms with Gasteiger partial charge in [0, 0.05) is 50.1 Å². The minimum Gasteiger partial charge on any atom is -0.379 e. The number of hydrogen-bond acceptors (Lipinski definition) is 5. The van der Waals surface area contributed by atoms with Gasteiger partial charge in [0.05, 0.1) is 23.9 Å². The number of guanidine groups is 1. The van der Waals surface area contributed by atoms with Crippen LogP contribution in [0.3, 0.4) is 0 Å². The Hall–Kier alpha value is -0.450. The maximum Gasteiger partial charge on any atom is 0.191 e. The molecule has 1 aromatic rings. The highest BCUT2D eigenvalue weighted by molar-refractivity contribution is 14.0. The molecule has 1 aliphatic heterocycles. The first-order chi connectivity index (χ1) is 12.0. The molecule has 1 aliphatic rings. The molecule has 0 radical (unpaired) electrons. The number of aromatic nitrogens is 1. The van der Waals surface area contributed by atoms with Crippen molar-refractivity contribution in [3.05, 3.63) is 15.6 Å². The number of ether oxygens (including phenoxy) is 1. The Morgan fingerprint density at radius 1 is 1.31 bits per heavy atom. The van der Waals surface area contributed by atoms with Gasteiger partial charge in [-0.15, -0.1) is 35.3 Å². The van der Waals surface area contributed by atoms with Crippen molar-refractivity contribution in [3.8, 4) is 0 Å². The predicted molar refractivity (Wildman–Crippen MR) is 121 cm³/mol. The van der Waals surface area contributed by atoms with Crippen molar-refractivity contribution in [2.75, 3.05) is 46.4 Å². The number of nitrogens with zero attached hydrogens (tertiary/aromatic N) is 3. The first kappa shape index (κ1) is 23.6. The van der Waals surface area contributed by atoms with Gasteiger partial charge in [0.25, 0.3) is 0 Å². The molecular weight excluding hydrogens is 461 g/mol. The highest BCUT2D eigenvalue weighted by Gasteiger charge is 2.28. The largest absolute Gasteiger partial charge is 0.379 e. The highest BCUT2D eigenvalue weighted by atomic mass is 127. The fourth-order valence-corrected chi connectivity index (χ4v) is 4.03. The van der Waals surface area contributed by atoms with E-state index in [0.29, 0.717) is 0 Å². The van der Waals surface area contributed by atoms with Crippen molar-refractivity contribution < 1.29 is 4.74 Å². The summed E-state index contributed by atoms with van der Waals surface area (Å²) < 4.78 is 5.45. The van der Waals surface area contributed by atoms with E-state index in [1.807, 2.05) is 7.05 Å². The number of hydrogen-bond donors (Lipinski definition) is 2. The number of halogens is 1. The minimum atomic E-state index is 0. The van der Waals surface area contributed by atoms with Crippen LogP contribution in [0.15, 0.2) is 4.99 Å². The molecule has 2 rings (SSSR count). The van der Waals surface area contributed by atoms with Crippen LogP contribution in [-0.4, -0.2) is 67.8 Å². The van der Waals surface area contributed by atoms with Crippen LogP contribution in [0.4, 0.5) is 0 Å². The number of aryl methyl sites for hydroxylation is 2. The van der Waals surface area contributed by atoms with Crippen molar-refractivity contribution in [1.82, 2.24) is 20.5 Å². The Morgan fingerprint density at radius 3 is 2.58 bits per heavy atom. The van der Waals surface area contributed by atoms with E-state index in [0.717, 1.165) is 58.2 Å². The maximum atomic E-state index is 5.45. The molecular formula is C18H34IN5OS. The smallest absolute Gasteiger partial charge is 0.191 e. The first-order valence-electron chi connectivity index (χ1n) is 9.18. The molecule has 0 aliphatic carbocycles. The zero-order chi connectivity index (χ0) is 18.3. The molecule has 8 heteroatoms. The zero-order valence-electron chi connectivity index (χ0n) is 16.7. The fourth-order valence-electron chi connectivity index (χ4n) is 3.01. The lowest BCUT2D eigenvalue weighted by Gasteiger charge is -2.41. The van der Waals surface area contributed by atoms with Crippen molar-refractivity contribution in [3.63, 3.8) is 0 Å². The third-order valence-corrected chi connectivity index (χ3v) is 5.76. The van der Waals surface area contributed by atoms with Crippen LogP contribution >= 0.6 is 35.3 Å². The van der Waals surface area contributed by atoms with E-state index in [4.69, 9.17) is 9.72 Å². The van der Waals surface area contributed by atoms with Crippen LogP contribution in [0.25, 0.3) is 0 Å². The number of rotatable bonds is 7. The molecule has 0 spiro atoms. The molecule has 1 fully saturated rings. The molecule has 1 aromatic heterocycles. The van der Waals surface area contributed by atoms with E-state index in [1.165, 1.54) is 15.6 Å². The molecule has 0 atom stereocenters. The molecule has 26 heavy (non-hydrogen) atoms. The standard InChI is InChI=1S/C18H33N5OS.HI/c1-6-15-14(2)25-16(22-15)7-8-20-17(19-5)21-13-18(3,4)23-9-11-24-12-10-23;/h6-13H2,1-5H3,(H2,19,20,21);1H. The molecule has 1 saturated heterocycles. The predicted octanol–water partition coefficient (Wildman–Crippen LogP) is 2.45. The zero-order valence-corrected chi connectivity index (χ0v) is 19.9. The molecule has 2 N–H and O–H groups in total. The van der Waals surface area contributed by atoms with Gasteiger partial charge in [-0.25, -0.2) is 4.98 Å². The van der Waals surface area contributed by atoms with Gasteiger partial charge in [0.1, 0.15) is 0 Å². The third-order valence-electron chi connectivity index (χ3n) is 4.68. The van der Waals surface area contributed by atoms with E-state index in [9.17, 15) is 0 Å². The summed E-state index contributed by atoms with van der Waals surface area (Å²) in [5, 5.41) is 8.06. The van der Waals surface area contributed by atoms with Gasteiger partial charge in [-0.1, -0.05) is 6.92 Å². The van der Waals surface area contributed by atoms with Crippen LogP contribution < -0.4 is 10.6 Å². The summed E-state index contributed by atoms with van der Waals surface area (Å²) in [7, 11) is 1.82. The molecule has 0 amide bonds. The Bertz CT molecular complexity index is 570. The second kappa shape index (κ2) is 11.4. The lowest BCUT2D eigenvalue weighted by molar-refractivity contribution is -0.00833. The molecule has 0 saturated carbocycles. The monoisotopic (exact) mass is 495 g/mol. The van der Waals surface area contributed by atoms with Gasteiger partial charge < -0.3 is 15.4 Å². The lowest BCUT2D eigenvalue weighted by atomic mass is 10.0. The normalized spacial score (nSPS) is 16.3. The van der Waals surface area contributed by atoms with Crippen LogP contribution in [0.2, 0.25) is 0 Å². The summed E-state index contributed by atoms with van der Waals surface area (Å²) in [5.74, 6) is 0.852. The van der Waals surface area contributed by atoms with E-state index in [1.54, 1.807) is 11.3 Å². The molecule has 0 aromatic carbocycles. The Kier molecular flexibility index (Phi) is 10.3. The lowest BCUT2D eigenvalue weighted by Crippen LogP contribution is -2.56. The van der Waals surface area contributed by atoms with Crippen molar-refractivity contribution in [2.45, 2.75) is 46.1 Å². The molecule has 6 nitrogen and oxygen atoms in total. The van der Waals surface area contributed by atoms with Crippen molar-refractivity contribution in [2.24, 2.45) is 4.99 Å². The van der Waals surface area contributed by atoms with Gasteiger partial charge in [0.15, 0.2) is 5.96 Å². The minimum absolute atomic E-state index is 0. The van der Waals surface area contributed by atoms with Crippen molar-refractivity contribution >= 4 is 41.3 Å². The number of aliphatic imine (C=N–C) groups is 1. The van der Waals surface area contributed by atoms with E-state index >= 15 is 0 Å². The van der Waals surface area contributed by atoms with Gasteiger partial charge >= 0.3 is 0 Å². The average Bonchev–Trinajstić information content (AvgIpc) is 2.98. The van der Waals surface area contributed by atoms with Gasteiger partial charge in [-0.05, 0) is 27.2 Å². The summed E-state index contributed by atoms with van der Waals surface area (Å²) in [6.07, 6.45) is 1.94.